The topological polar surface area (TPSA) is 0 Å². The molecular formula is C26H46. The summed E-state index contributed by atoms with van der Waals surface area (Å²) in [5.74, 6) is 7.25. The minimum atomic E-state index is 0.673. The molecule has 4 rings (SSSR count). The maximum atomic E-state index is 2.76. The number of hydrogen-bond acceptors (Lipinski definition) is 0. The minimum absolute atomic E-state index is 0.673. The molecule has 0 aromatic heterocycles. The van der Waals surface area contributed by atoms with E-state index in [1.54, 1.807) is 44.9 Å². The molecule has 0 amide bonds. The highest BCUT2D eigenvalue weighted by Gasteiger charge is 2.61. The molecule has 26 heavy (non-hydrogen) atoms. The highest BCUT2D eigenvalue weighted by molar-refractivity contribution is 5.10. The molecule has 0 aromatic rings. The second-order valence-corrected chi connectivity index (χ2v) is 11.6. The Balaban J connectivity index is 1.62. The Morgan fingerprint density at radius 1 is 0.846 bits per heavy atom. The van der Waals surface area contributed by atoms with Gasteiger partial charge in [-0.1, -0.05) is 66.7 Å². The molecule has 4 fully saturated rings. The Labute approximate surface area is 164 Å². The average Bonchev–Trinajstić information content (AvgIpc) is 2.98. The summed E-state index contributed by atoms with van der Waals surface area (Å²) in [5.41, 5.74) is 1.36. The van der Waals surface area contributed by atoms with Gasteiger partial charge in [-0.15, -0.1) is 0 Å². The molecule has 0 heteroatoms. The summed E-state index contributed by atoms with van der Waals surface area (Å²) in [5, 5.41) is 0. The van der Waals surface area contributed by atoms with Gasteiger partial charge in [-0.25, -0.2) is 0 Å². The van der Waals surface area contributed by atoms with E-state index in [4.69, 9.17) is 0 Å². The van der Waals surface area contributed by atoms with Crippen molar-refractivity contribution in [2.75, 3.05) is 0 Å². The lowest BCUT2D eigenvalue weighted by Crippen LogP contribution is -2.55. The third-order valence-corrected chi connectivity index (χ3v) is 10.8. The third kappa shape index (κ3) is 2.75. The molecule has 4 saturated carbocycles. The van der Waals surface area contributed by atoms with Crippen molar-refractivity contribution < 1.29 is 0 Å². The molecule has 4 aliphatic carbocycles. The fourth-order valence-electron chi connectivity index (χ4n) is 9.65. The van der Waals surface area contributed by atoms with Crippen LogP contribution in [-0.2, 0) is 0 Å². The van der Waals surface area contributed by atoms with Crippen LogP contribution in [0.4, 0.5) is 0 Å². The standard InChI is InChI=1S/C26H46/c1-6-10-18(3)21-12-13-23-20-17-19(7-2)22-11-8-9-15-25(22,4)24(20)14-16-26(21,23)5/h18-24H,6-17H2,1-5H3/t18-,19?,20+,21-,22?,23+,24+,25+,26-/m1/s1. The zero-order chi connectivity index (χ0) is 18.5. The Kier molecular flexibility index (Phi) is 5.28. The van der Waals surface area contributed by atoms with Crippen molar-refractivity contribution >= 4 is 0 Å². The van der Waals surface area contributed by atoms with E-state index in [-0.39, 0.29) is 0 Å². The van der Waals surface area contributed by atoms with E-state index < -0.39 is 0 Å². The van der Waals surface area contributed by atoms with E-state index >= 15 is 0 Å². The van der Waals surface area contributed by atoms with Gasteiger partial charge >= 0.3 is 0 Å². The Morgan fingerprint density at radius 2 is 1.62 bits per heavy atom. The largest absolute Gasteiger partial charge is 0.0654 e. The van der Waals surface area contributed by atoms with Crippen molar-refractivity contribution in [1.29, 1.82) is 0 Å². The lowest BCUT2D eigenvalue weighted by molar-refractivity contribution is -0.138. The molecule has 0 aliphatic heterocycles. The molecule has 0 N–H and O–H groups in total. The normalized spacial score (nSPS) is 52.0. The van der Waals surface area contributed by atoms with Gasteiger partial charge in [0.15, 0.2) is 0 Å². The fraction of sp³-hybridized carbons (Fsp3) is 1.00. The predicted octanol–water partition coefficient (Wildman–Crippen LogP) is 8.11. The van der Waals surface area contributed by atoms with Crippen LogP contribution in [0, 0.1) is 52.3 Å². The van der Waals surface area contributed by atoms with Crippen molar-refractivity contribution in [3.63, 3.8) is 0 Å². The Bertz CT molecular complexity index is 494. The molecule has 2 unspecified atom stereocenters. The summed E-state index contributed by atoms with van der Waals surface area (Å²) >= 11 is 0. The second-order valence-electron chi connectivity index (χ2n) is 11.6. The van der Waals surface area contributed by atoms with E-state index in [0.717, 1.165) is 41.4 Å². The molecule has 0 radical (unpaired) electrons. The van der Waals surface area contributed by atoms with Crippen LogP contribution in [0.2, 0.25) is 0 Å². The SMILES string of the molecule is CCC[C@@H](C)[C@H]1CC[C@H]2[C@@H]3CC(CC)C4CCCC[C@]4(C)[C@H]3CC[C@]12C. The van der Waals surface area contributed by atoms with Gasteiger partial charge in [-0.3, -0.25) is 0 Å². The lowest BCUT2D eigenvalue weighted by Gasteiger charge is -2.63. The van der Waals surface area contributed by atoms with Crippen LogP contribution in [0.3, 0.4) is 0 Å². The van der Waals surface area contributed by atoms with Gasteiger partial charge in [0, 0.05) is 0 Å². The van der Waals surface area contributed by atoms with Crippen LogP contribution in [0.1, 0.15) is 112 Å². The van der Waals surface area contributed by atoms with E-state index in [2.05, 4.69) is 34.6 Å². The van der Waals surface area contributed by atoms with Gasteiger partial charge in [0.2, 0.25) is 0 Å². The average molecular weight is 359 g/mol. The Morgan fingerprint density at radius 3 is 2.35 bits per heavy atom. The second kappa shape index (κ2) is 7.11. The molecule has 0 aromatic carbocycles. The lowest BCUT2D eigenvalue weighted by atomic mass is 9.42. The van der Waals surface area contributed by atoms with Gasteiger partial charge in [0.1, 0.15) is 0 Å². The summed E-state index contributed by atoms with van der Waals surface area (Å²) in [6.45, 7) is 13.0. The van der Waals surface area contributed by atoms with Crippen molar-refractivity contribution in [2.24, 2.45) is 52.3 Å². The zero-order valence-electron chi connectivity index (χ0n) is 18.5. The first kappa shape index (κ1) is 19.3. The van der Waals surface area contributed by atoms with Crippen LogP contribution >= 0.6 is 0 Å². The smallest absolute Gasteiger partial charge is 0.0264 e. The van der Waals surface area contributed by atoms with Crippen molar-refractivity contribution in [1.82, 2.24) is 0 Å². The zero-order valence-corrected chi connectivity index (χ0v) is 18.5. The van der Waals surface area contributed by atoms with Crippen LogP contribution in [0.25, 0.3) is 0 Å². The quantitative estimate of drug-likeness (QED) is 0.476. The summed E-state index contributed by atoms with van der Waals surface area (Å²) in [7, 11) is 0. The predicted molar refractivity (Wildman–Crippen MR) is 113 cm³/mol. The molecule has 4 aliphatic rings. The maximum Gasteiger partial charge on any atom is -0.0264 e. The first-order chi connectivity index (χ1) is 12.5. The van der Waals surface area contributed by atoms with Gasteiger partial charge in [-0.05, 0) is 97.2 Å². The van der Waals surface area contributed by atoms with Crippen molar-refractivity contribution in [3.05, 3.63) is 0 Å². The van der Waals surface area contributed by atoms with E-state index in [1.807, 2.05) is 0 Å². The molecule has 0 bridgehead atoms. The first-order valence-corrected chi connectivity index (χ1v) is 12.5. The fourth-order valence-corrected chi connectivity index (χ4v) is 9.65. The molecule has 0 heterocycles. The van der Waals surface area contributed by atoms with Crippen LogP contribution < -0.4 is 0 Å². The number of hydrogen-bond donors (Lipinski definition) is 0. The number of rotatable bonds is 4. The Hall–Kier alpha value is 0. The molecular weight excluding hydrogens is 312 g/mol. The summed E-state index contributed by atoms with van der Waals surface area (Å²) < 4.78 is 0. The monoisotopic (exact) mass is 358 g/mol. The first-order valence-electron chi connectivity index (χ1n) is 12.5. The summed E-state index contributed by atoms with van der Waals surface area (Å²) in [6, 6.07) is 0. The van der Waals surface area contributed by atoms with E-state index in [1.165, 1.54) is 32.1 Å². The van der Waals surface area contributed by atoms with E-state index in [0.29, 0.717) is 10.8 Å². The van der Waals surface area contributed by atoms with E-state index in [9.17, 15) is 0 Å². The van der Waals surface area contributed by atoms with Crippen LogP contribution in [0.15, 0.2) is 0 Å². The summed E-state index contributed by atoms with van der Waals surface area (Å²) in [6.07, 6.45) is 18.2. The van der Waals surface area contributed by atoms with Crippen molar-refractivity contribution in [2.45, 2.75) is 112 Å². The highest BCUT2D eigenvalue weighted by Crippen LogP contribution is 2.69. The number of fused-ring (bicyclic) bond motifs is 5. The molecule has 0 nitrogen and oxygen atoms in total. The van der Waals surface area contributed by atoms with Gasteiger partial charge < -0.3 is 0 Å². The van der Waals surface area contributed by atoms with Crippen LogP contribution in [-0.4, -0.2) is 0 Å². The minimum Gasteiger partial charge on any atom is -0.0654 e. The molecule has 0 saturated heterocycles. The molecule has 150 valence electrons. The summed E-state index contributed by atoms with van der Waals surface area (Å²) in [4.78, 5) is 0. The maximum absolute atomic E-state index is 2.76. The molecule has 0 spiro atoms. The van der Waals surface area contributed by atoms with Gasteiger partial charge in [-0.2, -0.15) is 0 Å². The third-order valence-electron chi connectivity index (χ3n) is 10.8. The van der Waals surface area contributed by atoms with Crippen LogP contribution in [0.5, 0.6) is 0 Å². The van der Waals surface area contributed by atoms with Gasteiger partial charge in [0.25, 0.3) is 0 Å². The molecule has 9 atom stereocenters. The van der Waals surface area contributed by atoms with Gasteiger partial charge in [0.05, 0.1) is 0 Å². The van der Waals surface area contributed by atoms with Crippen molar-refractivity contribution in [3.8, 4) is 0 Å². The highest BCUT2D eigenvalue weighted by atomic mass is 14.7.